The summed E-state index contributed by atoms with van der Waals surface area (Å²) in [7, 11) is 1.59. The molecule has 0 unspecified atom stereocenters. The van der Waals surface area contributed by atoms with Crippen molar-refractivity contribution in [3.63, 3.8) is 0 Å². The number of aliphatic hydroxyl groups excluding tert-OH is 1. The summed E-state index contributed by atoms with van der Waals surface area (Å²) >= 11 is 0. The van der Waals surface area contributed by atoms with Crippen LogP contribution in [0.25, 0.3) is 16.6 Å². The second-order valence-electron chi connectivity index (χ2n) is 6.04. The van der Waals surface area contributed by atoms with Crippen LogP contribution in [0.4, 0.5) is 0 Å². The van der Waals surface area contributed by atoms with Crippen molar-refractivity contribution in [1.29, 1.82) is 5.26 Å². The van der Waals surface area contributed by atoms with Crippen LogP contribution in [-0.4, -0.2) is 34.8 Å². The van der Waals surface area contributed by atoms with Gasteiger partial charge in [0.25, 0.3) is 0 Å². The van der Waals surface area contributed by atoms with E-state index in [9.17, 15) is 15.2 Å². The fraction of sp³-hybridized carbons (Fsp3) is 0.190. The normalized spacial score (nSPS) is 11.6. The largest absolute Gasteiger partial charge is 0.507 e. The maximum Gasteiger partial charge on any atom is 0.306 e. The number of aromatic amines is 1. The predicted molar refractivity (Wildman–Crippen MR) is 104 cm³/mol. The molecule has 0 saturated heterocycles. The summed E-state index contributed by atoms with van der Waals surface area (Å²) < 4.78 is 10.2. The van der Waals surface area contributed by atoms with Crippen molar-refractivity contribution >= 4 is 22.6 Å². The van der Waals surface area contributed by atoms with Crippen molar-refractivity contribution in [3.05, 3.63) is 65.7 Å². The Hall–Kier alpha value is -3.79. The van der Waals surface area contributed by atoms with E-state index in [2.05, 4.69) is 9.97 Å². The van der Waals surface area contributed by atoms with Crippen LogP contribution in [-0.2, 0) is 16.0 Å². The highest BCUT2D eigenvalue weighted by Crippen LogP contribution is 2.19. The van der Waals surface area contributed by atoms with Gasteiger partial charge in [0.2, 0.25) is 0 Å². The summed E-state index contributed by atoms with van der Waals surface area (Å²) in [6.45, 7) is -0.388. The fourth-order valence-electron chi connectivity index (χ4n) is 2.66. The zero-order valence-electron chi connectivity index (χ0n) is 15.3. The minimum atomic E-state index is -0.468. The zero-order chi connectivity index (χ0) is 19.9. The molecular weight excluding hydrogens is 358 g/mol. The van der Waals surface area contributed by atoms with E-state index in [-0.39, 0.29) is 30.2 Å². The number of ether oxygens (including phenoxy) is 2. The molecule has 2 aromatic carbocycles. The van der Waals surface area contributed by atoms with E-state index >= 15 is 0 Å². The molecule has 0 fully saturated rings. The quantitative estimate of drug-likeness (QED) is 0.370. The van der Waals surface area contributed by atoms with Gasteiger partial charge in [-0.15, -0.1) is 0 Å². The van der Waals surface area contributed by atoms with Crippen LogP contribution < -0.4 is 4.74 Å². The molecule has 28 heavy (non-hydrogen) atoms. The number of aliphatic hydroxyl groups is 1. The molecule has 1 heterocycles. The molecule has 0 amide bonds. The van der Waals surface area contributed by atoms with Gasteiger partial charge in [-0.3, -0.25) is 4.79 Å². The molecule has 0 atom stereocenters. The Labute approximate surface area is 161 Å². The van der Waals surface area contributed by atoms with E-state index in [1.165, 1.54) is 0 Å². The number of rotatable bonds is 7. The van der Waals surface area contributed by atoms with E-state index in [1.807, 2.05) is 48.5 Å². The molecular formula is C21H19N3O4. The standard InChI is InChI=1S/C21H19N3O4/c1-27-15-9-6-14(7-10-15)8-11-20(26)28-13-19(25)16(12-22)21-23-17-4-2-3-5-18(17)24-21/h2-7,9-10,25H,8,11,13H2,1H3,(H,23,24)/b19-16-. The van der Waals surface area contributed by atoms with Gasteiger partial charge < -0.3 is 19.6 Å². The lowest BCUT2D eigenvalue weighted by Gasteiger charge is -2.06. The lowest BCUT2D eigenvalue weighted by molar-refractivity contribution is -0.143. The van der Waals surface area contributed by atoms with E-state index in [0.717, 1.165) is 16.8 Å². The van der Waals surface area contributed by atoms with Crippen LogP contribution in [0, 0.1) is 11.3 Å². The first kappa shape index (κ1) is 19.0. The molecule has 0 saturated carbocycles. The van der Waals surface area contributed by atoms with Crippen LogP contribution in [0.2, 0.25) is 0 Å². The number of nitriles is 1. The molecule has 0 aliphatic carbocycles. The first-order chi connectivity index (χ1) is 13.6. The van der Waals surface area contributed by atoms with Crippen molar-refractivity contribution in [3.8, 4) is 11.8 Å². The topological polar surface area (TPSA) is 108 Å². The van der Waals surface area contributed by atoms with Gasteiger partial charge in [0, 0.05) is 6.42 Å². The number of allylic oxidation sites excluding steroid dienone is 1. The van der Waals surface area contributed by atoms with Crippen LogP contribution >= 0.6 is 0 Å². The number of H-pyrrole nitrogens is 1. The van der Waals surface area contributed by atoms with Crippen molar-refractivity contribution in [2.45, 2.75) is 12.8 Å². The lowest BCUT2D eigenvalue weighted by Crippen LogP contribution is -2.09. The van der Waals surface area contributed by atoms with E-state index in [0.29, 0.717) is 11.9 Å². The average molecular weight is 377 g/mol. The number of carbonyl (C=O) groups excluding carboxylic acids is 1. The SMILES string of the molecule is COc1ccc(CCC(=O)OC/C(O)=C(\C#N)c2nc3ccccc3[nH]2)cc1. The van der Waals surface area contributed by atoms with Gasteiger partial charge in [0.15, 0.2) is 11.6 Å². The second kappa shape index (κ2) is 8.73. The van der Waals surface area contributed by atoms with Gasteiger partial charge in [0.1, 0.15) is 24.0 Å². The maximum atomic E-state index is 11.9. The molecule has 0 aliphatic rings. The molecule has 0 bridgehead atoms. The number of imidazole rings is 1. The molecule has 142 valence electrons. The number of benzene rings is 2. The predicted octanol–water partition coefficient (Wildman–Crippen LogP) is 3.54. The molecule has 0 spiro atoms. The fourth-order valence-corrected chi connectivity index (χ4v) is 2.66. The molecule has 3 aromatic rings. The third kappa shape index (κ3) is 4.48. The second-order valence-corrected chi connectivity index (χ2v) is 6.04. The number of para-hydroxylation sites is 2. The van der Waals surface area contributed by atoms with Gasteiger partial charge >= 0.3 is 5.97 Å². The highest BCUT2D eigenvalue weighted by atomic mass is 16.5. The third-order valence-electron chi connectivity index (χ3n) is 4.17. The Morgan fingerprint density at radius 1 is 1.21 bits per heavy atom. The first-order valence-corrected chi connectivity index (χ1v) is 8.66. The number of carbonyl (C=O) groups is 1. The molecule has 7 nitrogen and oxygen atoms in total. The molecule has 7 heteroatoms. The molecule has 0 aliphatic heterocycles. The monoisotopic (exact) mass is 377 g/mol. The van der Waals surface area contributed by atoms with Gasteiger partial charge in [-0.1, -0.05) is 24.3 Å². The highest BCUT2D eigenvalue weighted by molar-refractivity contribution is 5.83. The van der Waals surface area contributed by atoms with Gasteiger partial charge in [0.05, 0.1) is 18.1 Å². The summed E-state index contributed by atoms with van der Waals surface area (Å²) in [6, 6.07) is 16.6. The molecule has 1 aromatic heterocycles. The van der Waals surface area contributed by atoms with E-state index in [4.69, 9.17) is 9.47 Å². The van der Waals surface area contributed by atoms with Gasteiger partial charge in [-0.05, 0) is 36.2 Å². The summed E-state index contributed by atoms with van der Waals surface area (Å²) in [5.41, 5.74) is 2.33. The zero-order valence-corrected chi connectivity index (χ0v) is 15.3. The van der Waals surface area contributed by atoms with Crippen molar-refractivity contribution < 1.29 is 19.4 Å². The van der Waals surface area contributed by atoms with Crippen LogP contribution in [0.15, 0.2) is 54.3 Å². The smallest absolute Gasteiger partial charge is 0.306 e. The van der Waals surface area contributed by atoms with E-state index < -0.39 is 5.97 Å². The summed E-state index contributed by atoms with van der Waals surface area (Å²) in [4.78, 5) is 19.2. The van der Waals surface area contributed by atoms with Crippen LogP contribution in [0.5, 0.6) is 5.75 Å². The number of fused-ring (bicyclic) bond motifs is 1. The summed E-state index contributed by atoms with van der Waals surface area (Å²) in [5, 5.41) is 19.5. The number of hydrogen-bond acceptors (Lipinski definition) is 6. The average Bonchev–Trinajstić information content (AvgIpc) is 3.15. The number of nitrogens with zero attached hydrogens (tertiary/aromatic N) is 2. The Morgan fingerprint density at radius 2 is 1.96 bits per heavy atom. The Kier molecular flexibility index (Phi) is 5.92. The highest BCUT2D eigenvalue weighted by Gasteiger charge is 2.15. The Bertz CT molecular complexity index is 1010. The molecule has 0 radical (unpaired) electrons. The van der Waals surface area contributed by atoms with Crippen molar-refractivity contribution in [2.75, 3.05) is 13.7 Å². The third-order valence-corrected chi connectivity index (χ3v) is 4.17. The van der Waals surface area contributed by atoms with Crippen LogP contribution in [0.3, 0.4) is 0 Å². The Morgan fingerprint density at radius 3 is 2.64 bits per heavy atom. The molecule has 3 rings (SSSR count). The molecule has 2 N–H and O–H groups in total. The maximum absolute atomic E-state index is 11.9. The number of methoxy groups -OCH3 is 1. The minimum absolute atomic E-state index is 0.0563. The van der Waals surface area contributed by atoms with Gasteiger partial charge in [-0.25, -0.2) is 4.98 Å². The van der Waals surface area contributed by atoms with E-state index in [1.54, 1.807) is 13.2 Å². The number of aryl methyl sites for hydroxylation is 1. The number of esters is 1. The summed E-state index contributed by atoms with van der Waals surface area (Å²) in [6.07, 6.45) is 0.661. The number of hydrogen-bond donors (Lipinski definition) is 2. The summed E-state index contributed by atoms with van der Waals surface area (Å²) in [5.74, 6) is 0.162. The van der Waals surface area contributed by atoms with Crippen LogP contribution in [0.1, 0.15) is 17.8 Å². The van der Waals surface area contributed by atoms with Gasteiger partial charge in [-0.2, -0.15) is 5.26 Å². The minimum Gasteiger partial charge on any atom is -0.507 e. The first-order valence-electron chi connectivity index (χ1n) is 8.66. The lowest BCUT2D eigenvalue weighted by atomic mass is 10.1. The van der Waals surface area contributed by atoms with Crippen molar-refractivity contribution in [2.24, 2.45) is 0 Å². The Balaban J connectivity index is 1.59. The number of aromatic nitrogens is 2. The number of nitrogens with one attached hydrogen (secondary N) is 1. The van der Waals surface area contributed by atoms with Crippen molar-refractivity contribution in [1.82, 2.24) is 9.97 Å².